The molecule has 0 saturated carbocycles. The van der Waals surface area contributed by atoms with Crippen LogP contribution >= 0.6 is 0 Å². The number of likely N-dealkylation sites (N-methyl/N-ethyl adjacent to an activating group) is 1. The molecule has 346 valence electrons. The first-order chi connectivity index (χ1) is 31.0. The van der Waals surface area contributed by atoms with Crippen molar-refractivity contribution in [3.8, 4) is 28.1 Å². The Bertz CT molecular complexity index is 2510. The van der Waals surface area contributed by atoms with Crippen molar-refractivity contribution in [1.29, 1.82) is 0 Å². The number of nitrogens with one attached hydrogen (secondary N) is 3. The second-order valence-electron chi connectivity index (χ2n) is 19.7. The number of cyclic esters (lactones) is 1. The van der Waals surface area contributed by atoms with Crippen molar-refractivity contribution < 1.29 is 33.8 Å². The molecule has 15 nitrogen and oxygen atoms in total. The molecule has 4 N–H and O–H groups in total. The lowest BCUT2D eigenvalue weighted by Gasteiger charge is -2.43. The van der Waals surface area contributed by atoms with E-state index in [0.717, 1.165) is 44.5 Å². The van der Waals surface area contributed by atoms with Crippen LogP contribution in [-0.4, -0.2) is 123 Å². The fourth-order valence-electron chi connectivity index (χ4n) is 9.99. The monoisotopic (exact) mass is 888 g/mol. The average Bonchev–Trinajstić information content (AvgIpc) is 4.07. The van der Waals surface area contributed by atoms with Gasteiger partial charge in [0, 0.05) is 67.7 Å². The van der Waals surface area contributed by atoms with Crippen molar-refractivity contribution in [3.63, 3.8) is 0 Å². The third-order valence-corrected chi connectivity index (χ3v) is 13.4. The number of aromatic nitrogens is 2. The van der Waals surface area contributed by atoms with Gasteiger partial charge in [0.05, 0.1) is 24.0 Å². The van der Waals surface area contributed by atoms with Gasteiger partial charge in [-0.25, -0.2) is 5.43 Å². The first-order valence-corrected chi connectivity index (χ1v) is 23.2. The first-order valence-electron chi connectivity index (χ1n) is 23.2. The van der Waals surface area contributed by atoms with E-state index in [9.17, 15) is 29.1 Å². The van der Waals surface area contributed by atoms with Crippen molar-refractivity contribution in [1.82, 2.24) is 40.4 Å². The van der Waals surface area contributed by atoms with Crippen LogP contribution in [0.1, 0.15) is 90.5 Å². The summed E-state index contributed by atoms with van der Waals surface area (Å²) < 4.78 is 8.44. The maximum atomic E-state index is 14.7. The number of carbonyl (C=O) groups excluding carboxylic acids is 5. The standard InChI is InChI=1S/C50H64N8O7/c1-9-56-40-15-14-31-24-35(40)36(44(56)34-12-10-17-51-42(34)28(2)3)25-50(6,7)27-65-49(64)37-13-11-18-58(54-37)47(62)38(22-30-20-32(31)23-33(59)21-30)53-45(60)43(29(4)5)55(8)48(63)41-16-19-57(41)46(61)39-26-52-39/h10,12,14-15,17,20-21,23-24,28-29,37-39,41,43,52,54,59H,9,11,13,16,18-19,22,25-27H2,1-8H3,(H,53,60)/t37-,38-,39-,41+,43-/m0/s1. The Kier molecular flexibility index (Phi) is 12.8. The third-order valence-electron chi connectivity index (χ3n) is 13.4. The Morgan fingerprint density at radius 2 is 1.80 bits per heavy atom. The highest BCUT2D eigenvalue weighted by atomic mass is 16.5. The molecular weight excluding hydrogens is 825 g/mol. The van der Waals surface area contributed by atoms with E-state index in [1.807, 2.05) is 38.2 Å². The van der Waals surface area contributed by atoms with E-state index in [1.54, 1.807) is 24.1 Å². The molecule has 6 heterocycles. The van der Waals surface area contributed by atoms with E-state index in [1.165, 1.54) is 9.91 Å². The van der Waals surface area contributed by atoms with Crippen LogP contribution in [0.3, 0.4) is 0 Å². The van der Waals surface area contributed by atoms with Gasteiger partial charge in [0.15, 0.2) is 0 Å². The minimum atomic E-state index is -1.16. The number of hydrogen-bond acceptors (Lipinski definition) is 10. The van der Waals surface area contributed by atoms with Crippen LogP contribution in [-0.2, 0) is 48.1 Å². The second kappa shape index (κ2) is 18.2. The smallest absolute Gasteiger partial charge is 0.324 e. The van der Waals surface area contributed by atoms with Gasteiger partial charge in [0.1, 0.15) is 29.9 Å². The number of phenols is 1. The summed E-state index contributed by atoms with van der Waals surface area (Å²) in [4.78, 5) is 77.7. The summed E-state index contributed by atoms with van der Waals surface area (Å²) in [6.07, 6.45) is 3.88. The molecule has 8 rings (SSSR count). The number of benzene rings is 2. The van der Waals surface area contributed by atoms with Gasteiger partial charge in [-0.1, -0.05) is 53.7 Å². The number of aromatic hydroxyl groups is 1. The Morgan fingerprint density at radius 3 is 2.48 bits per heavy atom. The van der Waals surface area contributed by atoms with E-state index in [0.29, 0.717) is 50.9 Å². The van der Waals surface area contributed by atoms with Crippen LogP contribution in [0.15, 0.2) is 54.7 Å². The number of phenolic OH excluding ortho intramolecular Hbond substituents is 1. The Labute approximate surface area is 381 Å². The molecule has 0 aliphatic carbocycles. The molecule has 2 aromatic carbocycles. The molecule has 0 unspecified atom stereocenters. The van der Waals surface area contributed by atoms with Gasteiger partial charge >= 0.3 is 5.97 Å². The van der Waals surface area contributed by atoms with Crippen LogP contribution in [0.25, 0.3) is 33.3 Å². The Balaban J connectivity index is 1.19. The lowest BCUT2D eigenvalue weighted by molar-refractivity contribution is -0.156. The number of likely N-dealkylation sites (tertiary alicyclic amines) is 1. The fourth-order valence-corrected chi connectivity index (χ4v) is 9.99. The SMILES string of the molecule is CCn1c(-c2cccnc2C(C)C)c2c3cc(ccc31)-c1cc(O)cc(c1)C[C@H](NC(=O)[C@H](C(C)C)N(C)C(=O)[C@H]1CCN1C(=O)[C@@H]1CN1)C(=O)N1CCC[C@H](N1)C(=O)OCC(C)(C)C2. The Morgan fingerprint density at radius 1 is 1.03 bits per heavy atom. The molecule has 65 heavy (non-hydrogen) atoms. The van der Waals surface area contributed by atoms with Gasteiger partial charge < -0.3 is 34.8 Å². The topological polar surface area (TPSA) is 188 Å². The number of esters is 1. The summed E-state index contributed by atoms with van der Waals surface area (Å²) in [6.45, 7) is 16.5. The van der Waals surface area contributed by atoms with Gasteiger partial charge in [-0.2, -0.15) is 0 Å². The molecule has 2 aromatic heterocycles. The van der Waals surface area contributed by atoms with Crippen LogP contribution in [0.4, 0.5) is 0 Å². The summed E-state index contributed by atoms with van der Waals surface area (Å²) in [6, 6.07) is 11.8. The number of fused-ring (bicyclic) bond motifs is 6. The minimum absolute atomic E-state index is 0.0000674. The largest absolute Gasteiger partial charge is 0.508 e. The molecule has 4 amide bonds. The minimum Gasteiger partial charge on any atom is -0.508 e. The highest BCUT2D eigenvalue weighted by Crippen LogP contribution is 2.42. The highest BCUT2D eigenvalue weighted by molar-refractivity contribution is 5.97. The zero-order valence-corrected chi connectivity index (χ0v) is 38.9. The molecule has 6 bridgehead atoms. The molecule has 4 aliphatic rings. The number of aryl methyl sites for hydroxylation is 1. The number of pyridine rings is 1. The molecule has 15 heteroatoms. The maximum Gasteiger partial charge on any atom is 0.324 e. The van der Waals surface area contributed by atoms with Gasteiger partial charge in [-0.3, -0.25) is 34.0 Å². The highest BCUT2D eigenvalue weighted by Gasteiger charge is 2.46. The normalized spacial score (nSPS) is 22.6. The fraction of sp³-hybridized carbons (Fsp3) is 0.520. The van der Waals surface area contributed by atoms with Crippen LogP contribution < -0.4 is 16.1 Å². The van der Waals surface area contributed by atoms with E-state index >= 15 is 0 Å². The first kappa shape index (κ1) is 45.8. The van der Waals surface area contributed by atoms with Crippen molar-refractivity contribution in [2.24, 2.45) is 11.3 Å². The van der Waals surface area contributed by atoms with E-state index in [-0.39, 0.29) is 55.0 Å². The van der Waals surface area contributed by atoms with Crippen molar-refractivity contribution in [2.75, 3.05) is 33.3 Å². The lowest BCUT2D eigenvalue weighted by Crippen LogP contribution is -2.64. The summed E-state index contributed by atoms with van der Waals surface area (Å²) in [7, 11) is 1.57. The number of nitrogens with zero attached hydrogens (tertiary/aromatic N) is 5. The average molecular weight is 889 g/mol. The predicted octanol–water partition coefficient (Wildman–Crippen LogP) is 4.92. The summed E-state index contributed by atoms with van der Waals surface area (Å²) in [5, 5.41) is 19.7. The zero-order chi connectivity index (χ0) is 46.5. The summed E-state index contributed by atoms with van der Waals surface area (Å²) in [5.74, 6) is -2.11. The van der Waals surface area contributed by atoms with E-state index in [4.69, 9.17) is 9.72 Å². The molecule has 4 aliphatic heterocycles. The van der Waals surface area contributed by atoms with Gasteiger partial charge in [0.2, 0.25) is 17.7 Å². The number of ether oxygens (including phenoxy) is 1. The Hall–Kier alpha value is -5.80. The van der Waals surface area contributed by atoms with Crippen molar-refractivity contribution >= 4 is 40.5 Å². The summed E-state index contributed by atoms with van der Waals surface area (Å²) >= 11 is 0. The molecule has 0 radical (unpaired) electrons. The lowest BCUT2D eigenvalue weighted by atomic mass is 9.83. The molecule has 3 saturated heterocycles. The van der Waals surface area contributed by atoms with Crippen molar-refractivity contribution in [3.05, 3.63) is 71.5 Å². The van der Waals surface area contributed by atoms with E-state index in [2.05, 4.69) is 73.4 Å². The quantitative estimate of drug-likeness (QED) is 0.133. The molecule has 0 spiro atoms. The molecule has 4 aromatic rings. The van der Waals surface area contributed by atoms with Crippen molar-refractivity contribution in [2.45, 2.75) is 123 Å². The summed E-state index contributed by atoms with van der Waals surface area (Å²) in [5.41, 5.74) is 10.1. The molecule has 3 fully saturated rings. The predicted molar refractivity (Wildman–Crippen MR) is 247 cm³/mol. The van der Waals surface area contributed by atoms with Crippen LogP contribution in [0.5, 0.6) is 5.75 Å². The zero-order valence-electron chi connectivity index (χ0n) is 38.9. The van der Waals surface area contributed by atoms with Gasteiger partial charge in [0.25, 0.3) is 5.91 Å². The number of hydrogen-bond donors (Lipinski definition) is 4. The molecule has 5 atom stereocenters. The van der Waals surface area contributed by atoms with Crippen LogP contribution in [0, 0.1) is 11.3 Å². The maximum absolute atomic E-state index is 14.7. The second-order valence-corrected chi connectivity index (χ2v) is 19.7. The van der Waals surface area contributed by atoms with Gasteiger partial charge in [-0.05, 0) is 103 Å². The number of amides is 4. The third kappa shape index (κ3) is 9.22. The number of rotatable bonds is 9. The number of hydrazine groups is 1. The van der Waals surface area contributed by atoms with Crippen LogP contribution in [0.2, 0.25) is 0 Å². The molecular formula is C50H64N8O7. The van der Waals surface area contributed by atoms with Gasteiger partial charge in [-0.15, -0.1) is 0 Å². The van der Waals surface area contributed by atoms with E-state index < -0.39 is 47.4 Å². The number of carbonyl (C=O) groups is 5.